The fraction of sp³-hybridized carbons (Fsp3) is 0.519. The van der Waals surface area contributed by atoms with Crippen molar-refractivity contribution in [2.45, 2.75) is 52.6 Å². The monoisotopic (exact) mass is 511 g/mol. The van der Waals surface area contributed by atoms with Gasteiger partial charge < -0.3 is 24.6 Å². The summed E-state index contributed by atoms with van der Waals surface area (Å²) in [5, 5.41) is 17.7. The van der Waals surface area contributed by atoms with E-state index in [0.717, 1.165) is 47.2 Å². The summed E-state index contributed by atoms with van der Waals surface area (Å²) in [5.41, 5.74) is 4.63. The molecule has 36 heavy (non-hydrogen) atoms. The van der Waals surface area contributed by atoms with Crippen LogP contribution in [0, 0.1) is 26.2 Å². The van der Waals surface area contributed by atoms with Gasteiger partial charge in [0.15, 0.2) is 5.82 Å². The van der Waals surface area contributed by atoms with Gasteiger partial charge in [0.1, 0.15) is 30.0 Å². The van der Waals surface area contributed by atoms with Crippen LogP contribution < -0.4 is 15.0 Å². The summed E-state index contributed by atoms with van der Waals surface area (Å²) in [6, 6.07) is 5.42. The van der Waals surface area contributed by atoms with E-state index in [1.165, 1.54) is 25.7 Å². The van der Waals surface area contributed by atoms with E-state index in [9.17, 15) is 5.11 Å². The number of likely N-dealkylation sites (N-methyl/N-ethyl adjacent to an activating group) is 1. The standard InChI is InChI=1S/C27H34ClN5O3/c1-16-24(23-17(2)32-36-18(23)3)30-25(31-26(16)33-14-27(15-33)9-5-6-10-27)21-11-20(7-8-22(21)28)35-13-19(34)12-29-4/h7-8,11,19,29,34H,5-6,9-10,12-15H2,1-4H3/t19-/m1/s1. The van der Waals surface area contributed by atoms with E-state index >= 15 is 0 Å². The van der Waals surface area contributed by atoms with E-state index in [1.807, 2.05) is 19.9 Å². The second-order valence-corrected chi connectivity index (χ2v) is 10.7. The van der Waals surface area contributed by atoms with E-state index in [-0.39, 0.29) is 6.61 Å². The molecule has 1 aliphatic carbocycles. The lowest BCUT2D eigenvalue weighted by molar-refractivity contribution is 0.108. The highest BCUT2D eigenvalue weighted by Crippen LogP contribution is 2.48. The van der Waals surface area contributed by atoms with Gasteiger partial charge in [0.25, 0.3) is 0 Å². The number of aromatic nitrogens is 3. The molecule has 5 rings (SSSR count). The number of benzene rings is 1. The van der Waals surface area contributed by atoms with Crippen LogP contribution >= 0.6 is 11.6 Å². The molecule has 8 nitrogen and oxygen atoms in total. The number of halogens is 1. The Labute approximate surface area is 217 Å². The SMILES string of the molecule is CNC[C@@H](O)COc1ccc(Cl)c(-c2nc(-c3c(C)noc3C)c(C)c(N3CC4(CCCC4)C3)n2)c1. The van der Waals surface area contributed by atoms with Gasteiger partial charge >= 0.3 is 0 Å². The number of hydrogen-bond acceptors (Lipinski definition) is 8. The predicted molar refractivity (Wildman–Crippen MR) is 141 cm³/mol. The molecule has 2 fully saturated rings. The molecule has 0 radical (unpaired) electrons. The van der Waals surface area contributed by atoms with E-state index in [4.69, 9.17) is 30.8 Å². The Morgan fingerprint density at radius 2 is 1.94 bits per heavy atom. The summed E-state index contributed by atoms with van der Waals surface area (Å²) in [7, 11) is 1.79. The molecule has 3 aromatic rings. The molecule has 1 saturated heterocycles. The van der Waals surface area contributed by atoms with Crippen LogP contribution in [0.2, 0.25) is 5.02 Å². The second-order valence-electron chi connectivity index (χ2n) is 10.3. The van der Waals surface area contributed by atoms with E-state index < -0.39 is 6.10 Å². The zero-order chi connectivity index (χ0) is 25.4. The summed E-state index contributed by atoms with van der Waals surface area (Å²) in [6.45, 7) is 8.57. The molecule has 1 aromatic carbocycles. The van der Waals surface area contributed by atoms with Crippen molar-refractivity contribution in [2.75, 3.05) is 38.2 Å². The number of nitrogens with one attached hydrogen (secondary N) is 1. The molecule has 0 amide bonds. The third-order valence-corrected chi connectivity index (χ3v) is 7.80. The van der Waals surface area contributed by atoms with Crippen molar-refractivity contribution in [3.8, 4) is 28.4 Å². The summed E-state index contributed by atoms with van der Waals surface area (Å²) in [4.78, 5) is 12.4. The number of rotatable bonds is 8. The van der Waals surface area contributed by atoms with Crippen LogP contribution in [0.5, 0.6) is 5.75 Å². The molecule has 2 aliphatic rings. The quantitative estimate of drug-likeness (QED) is 0.448. The number of ether oxygens (including phenoxy) is 1. The Hall–Kier alpha value is -2.68. The maximum atomic E-state index is 10.0. The van der Waals surface area contributed by atoms with Crippen LogP contribution in [0.1, 0.15) is 42.7 Å². The summed E-state index contributed by atoms with van der Waals surface area (Å²) >= 11 is 6.66. The number of aliphatic hydroxyl groups is 1. The number of anilines is 1. The molecule has 9 heteroatoms. The fourth-order valence-corrected chi connectivity index (χ4v) is 5.81. The normalized spacial score (nSPS) is 17.4. The van der Waals surface area contributed by atoms with Crippen LogP contribution in [0.25, 0.3) is 22.6 Å². The molecular formula is C27H34ClN5O3. The third-order valence-electron chi connectivity index (χ3n) is 7.47. The van der Waals surface area contributed by atoms with E-state index in [2.05, 4.69) is 22.3 Å². The number of aliphatic hydroxyl groups excluding tert-OH is 1. The zero-order valence-corrected chi connectivity index (χ0v) is 22.2. The average Bonchev–Trinajstić information content (AvgIpc) is 3.45. The summed E-state index contributed by atoms with van der Waals surface area (Å²) < 4.78 is 11.3. The highest BCUT2D eigenvalue weighted by Gasteiger charge is 2.46. The van der Waals surface area contributed by atoms with Crippen molar-refractivity contribution in [3.63, 3.8) is 0 Å². The van der Waals surface area contributed by atoms with Gasteiger partial charge in [-0.2, -0.15) is 0 Å². The number of hydrogen-bond donors (Lipinski definition) is 2. The van der Waals surface area contributed by atoms with Gasteiger partial charge in [-0.1, -0.05) is 29.6 Å². The summed E-state index contributed by atoms with van der Waals surface area (Å²) in [6.07, 6.45) is 4.61. The van der Waals surface area contributed by atoms with Gasteiger partial charge in [-0.3, -0.25) is 0 Å². The predicted octanol–water partition coefficient (Wildman–Crippen LogP) is 4.72. The minimum Gasteiger partial charge on any atom is -0.491 e. The number of aryl methyl sites for hydroxylation is 2. The minimum absolute atomic E-state index is 0.169. The molecule has 3 heterocycles. The largest absolute Gasteiger partial charge is 0.491 e. The fourth-order valence-electron chi connectivity index (χ4n) is 5.60. The van der Waals surface area contributed by atoms with Gasteiger partial charge in [-0.05, 0) is 58.9 Å². The molecule has 0 bridgehead atoms. The Morgan fingerprint density at radius 3 is 2.61 bits per heavy atom. The highest BCUT2D eigenvalue weighted by atomic mass is 35.5. The van der Waals surface area contributed by atoms with Crippen LogP contribution in [-0.4, -0.2) is 59.6 Å². The van der Waals surface area contributed by atoms with Crippen molar-refractivity contribution >= 4 is 17.4 Å². The maximum Gasteiger partial charge on any atom is 0.163 e. The first-order valence-corrected chi connectivity index (χ1v) is 13.0. The smallest absolute Gasteiger partial charge is 0.163 e. The first kappa shape index (κ1) is 25.0. The first-order valence-electron chi connectivity index (χ1n) is 12.6. The average molecular weight is 512 g/mol. The molecule has 192 valence electrons. The van der Waals surface area contributed by atoms with Crippen molar-refractivity contribution in [1.82, 2.24) is 20.4 Å². The van der Waals surface area contributed by atoms with E-state index in [1.54, 1.807) is 19.2 Å². The van der Waals surface area contributed by atoms with Crippen LogP contribution in [0.4, 0.5) is 5.82 Å². The van der Waals surface area contributed by atoms with Crippen molar-refractivity contribution in [2.24, 2.45) is 5.41 Å². The summed E-state index contributed by atoms with van der Waals surface area (Å²) in [5.74, 6) is 2.79. The molecule has 0 unspecified atom stereocenters. The van der Waals surface area contributed by atoms with Gasteiger partial charge in [0.05, 0.1) is 22.0 Å². The lowest BCUT2D eigenvalue weighted by Crippen LogP contribution is -2.55. The lowest BCUT2D eigenvalue weighted by atomic mass is 9.78. The first-order chi connectivity index (χ1) is 17.3. The van der Waals surface area contributed by atoms with E-state index in [0.29, 0.717) is 34.1 Å². The Balaban J connectivity index is 1.55. The molecule has 1 spiro atoms. The molecule has 1 atom stereocenters. The zero-order valence-electron chi connectivity index (χ0n) is 21.4. The van der Waals surface area contributed by atoms with Gasteiger partial charge in [0, 0.05) is 36.2 Å². The van der Waals surface area contributed by atoms with Crippen molar-refractivity contribution < 1.29 is 14.4 Å². The maximum absolute atomic E-state index is 10.0. The Bertz CT molecular complexity index is 1230. The molecule has 1 saturated carbocycles. The lowest BCUT2D eigenvalue weighted by Gasteiger charge is -2.49. The Kier molecular flexibility index (Phi) is 6.94. The highest BCUT2D eigenvalue weighted by molar-refractivity contribution is 6.33. The molecular weight excluding hydrogens is 478 g/mol. The van der Waals surface area contributed by atoms with Gasteiger partial charge in [0.2, 0.25) is 0 Å². The van der Waals surface area contributed by atoms with Crippen molar-refractivity contribution in [1.29, 1.82) is 0 Å². The second kappa shape index (κ2) is 10.00. The van der Waals surface area contributed by atoms with Crippen LogP contribution in [0.15, 0.2) is 22.7 Å². The number of nitrogens with zero attached hydrogens (tertiary/aromatic N) is 4. The topological polar surface area (TPSA) is 96.5 Å². The van der Waals surface area contributed by atoms with Crippen molar-refractivity contribution in [3.05, 3.63) is 40.2 Å². The molecule has 1 aliphatic heterocycles. The van der Waals surface area contributed by atoms with Gasteiger partial charge in [-0.25, -0.2) is 9.97 Å². The van der Waals surface area contributed by atoms with Gasteiger partial charge in [-0.15, -0.1) is 0 Å². The Morgan fingerprint density at radius 1 is 1.19 bits per heavy atom. The molecule has 2 N–H and O–H groups in total. The van der Waals surface area contributed by atoms with Crippen LogP contribution in [0.3, 0.4) is 0 Å². The minimum atomic E-state index is -0.614. The van der Waals surface area contributed by atoms with Crippen LogP contribution in [-0.2, 0) is 0 Å². The molecule has 2 aromatic heterocycles. The third kappa shape index (κ3) is 4.69.